The molecule has 1 N–H and O–H groups in total. The fourth-order valence-corrected chi connectivity index (χ4v) is 2.64. The van der Waals surface area contributed by atoms with Gasteiger partial charge in [0.1, 0.15) is 6.61 Å². The number of methoxy groups -OCH3 is 2. The molecule has 0 fully saturated rings. The molecular weight excluding hydrogens is 361 g/mol. The summed E-state index contributed by atoms with van der Waals surface area (Å²) in [5.74, 6) is 1.00. The molecule has 0 radical (unpaired) electrons. The van der Waals surface area contributed by atoms with Crippen molar-refractivity contribution < 1.29 is 19.0 Å². The maximum Gasteiger partial charge on any atom is 0.302 e. The van der Waals surface area contributed by atoms with Crippen molar-refractivity contribution >= 4 is 39.5 Å². The predicted octanol–water partition coefficient (Wildman–Crippen LogP) is 2.85. The van der Waals surface area contributed by atoms with Gasteiger partial charge in [0.25, 0.3) is 0 Å². The summed E-state index contributed by atoms with van der Waals surface area (Å²) in [6.45, 7) is 1.63. The van der Waals surface area contributed by atoms with Crippen LogP contribution in [0, 0.1) is 3.70 Å². The van der Waals surface area contributed by atoms with Crippen molar-refractivity contribution in [1.82, 2.24) is 4.98 Å². The summed E-state index contributed by atoms with van der Waals surface area (Å²) in [4.78, 5) is 14.2. The minimum absolute atomic E-state index is 0.239. The van der Waals surface area contributed by atoms with Crippen LogP contribution in [0.15, 0.2) is 12.1 Å². The number of rotatable bonds is 4. The van der Waals surface area contributed by atoms with Gasteiger partial charge in [0.05, 0.1) is 23.4 Å². The van der Waals surface area contributed by atoms with Crippen LogP contribution in [0.4, 0.5) is 0 Å². The zero-order chi connectivity index (χ0) is 14.0. The normalized spacial score (nSPS) is 10.5. The van der Waals surface area contributed by atoms with Gasteiger partial charge in [-0.1, -0.05) is 0 Å². The Balaban J connectivity index is 2.55. The number of esters is 1. The summed E-state index contributed by atoms with van der Waals surface area (Å²) >= 11 is 2.17. The third-order valence-electron chi connectivity index (χ3n) is 2.79. The lowest BCUT2D eigenvalue weighted by molar-refractivity contribution is -0.142. The van der Waals surface area contributed by atoms with Crippen LogP contribution in [0.25, 0.3) is 10.9 Å². The van der Waals surface area contributed by atoms with E-state index in [0.717, 1.165) is 20.2 Å². The quantitative estimate of drug-likeness (QED) is 0.660. The Kier molecular flexibility index (Phi) is 4.18. The standard InChI is InChI=1S/C13H14INO4/c1-7(16)19-6-9-8-4-5-10(17-2)12(18-3)11(8)15-13(9)14/h4-5,15H,6H2,1-3H3. The molecule has 1 heterocycles. The average Bonchev–Trinajstić information content (AvgIpc) is 2.70. The lowest BCUT2D eigenvalue weighted by Gasteiger charge is -2.08. The van der Waals surface area contributed by atoms with Crippen molar-refractivity contribution in [2.45, 2.75) is 13.5 Å². The van der Waals surface area contributed by atoms with Gasteiger partial charge in [-0.2, -0.15) is 0 Å². The third-order valence-corrected chi connectivity index (χ3v) is 3.71. The van der Waals surface area contributed by atoms with Crippen molar-refractivity contribution in [1.29, 1.82) is 0 Å². The molecule has 6 heteroatoms. The van der Waals surface area contributed by atoms with E-state index in [2.05, 4.69) is 27.6 Å². The van der Waals surface area contributed by atoms with Crippen LogP contribution in [-0.2, 0) is 16.1 Å². The van der Waals surface area contributed by atoms with Crippen LogP contribution in [0.1, 0.15) is 12.5 Å². The minimum Gasteiger partial charge on any atom is -0.493 e. The Bertz CT molecular complexity index is 621. The highest BCUT2D eigenvalue weighted by atomic mass is 127. The van der Waals surface area contributed by atoms with Gasteiger partial charge >= 0.3 is 5.97 Å². The molecule has 2 aromatic rings. The zero-order valence-corrected chi connectivity index (χ0v) is 13.0. The van der Waals surface area contributed by atoms with E-state index in [4.69, 9.17) is 14.2 Å². The first-order valence-corrected chi connectivity index (χ1v) is 6.70. The molecule has 0 saturated carbocycles. The number of hydrogen-bond donors (Lipinski definition) is 1. The topological polar surface area (TPSA) is 60.5 Å². The van der Waals surface area contributed by atoms with Crippen LogP contribution >= 0.6 is 22.6 Å². The van der Waals surface area contributed by atoms with Gasteiger partial charge in [-0.15, -0.1) is 0 Å². The first-order valence-electron chi connectivity index (χ1n) is 5.62. The second kappa shape index (κ2) is 5.68. The monoisotopic (exact) mass is 375 g/mol. The molecule has 0 bridgehead atoms. The number of hydrogen-bond acceptors (Lipinski definition) is 4. The van der Waals surface area contributed by atoms with E-state index in [-0.39, 0.29) is 12.6 Å². The van der Waals surface area contributed by atoms with Gasteiger partial charge in [-0.3, -0.25) is 4.79 Å². The van der Waals surface area contributed by atoms with E-state index in [0.29, 0.717) is 11.5 Å². The number of H-pyrrole nitrogens is 1. The smallest absolute Gasteiger partial charge is 0.302 e. The highest BCUT2D eigenvalue weighted by molar-refractivity contribution is 14.1. The second-order valence-corrected chi connectivity index (χ2v) is 5.00. The number of carbonyl (C=O) groups is 1. The predicted molar refractivity (Wildman–Crippen MR) is 79.6 cm³/mol. The molecule has 1 aromatic heterocycles. The lowest BCUT2D eigenvalue weighted by Crippen LogP contribution is -1.99. The fourth-order valence-electron chi connectivity index (χ4n) is 1.92. The summed E-state index contributed by atoms with van der Waals surface area (Å²) in [6.07, 6.45) is 0. The Morgan fingerprint density at radius 1 is 1.32 bits per heavy atom. The number of carbonyl (C=O) groups excluding carboxylic acids is 1. The van der Waals surface area contributed by atoms with E-state index in [1.165, 1.54) is 6.92 Å². The summed E-state index contributed by atoms with van der Waals surface area (Å²) < 4.78 is 16.6. The second-order valence-electron chi connectivity index (χ2n) is 3.92. The van der Waals surface area contributed by atoms with Crippen molar-refractivity contribution in [3.05, 3.63) is 21.4 Å². The fraction of sp³-hybridized carbons (Fsp3) is 0.308. The van der Waals surface area contributed by atoms with Gasteiger partial charge in [0, 0.05) is 17.9 Å². The highest BCUT2D eigenvalue weighted by Gasteiger charge is 2.17. The lowest BCUT2D eigenvalue weighted by atomic mass is 10.1. The SMILES string of the molecule is COc1ccc2c(COC(C)=O)c(I)[nH]c2c1OC. The maximum absolute atomic E-state index is 10.9. The van der Waals surface area contributed by atoms with Gasteiger partial charge < -0.3 is 19.2 Å². The first-order chi connectivity index (χ1) is 9.08. The maximum atomic E-state index is 10.9. The molecule has 0 aliphatic rings. The zero-order valence-electron chi connectivity index (χ0n) is 10.9. The molecule has 0 spiro atoms. The van der Waals surface area contributed by atoms with Crippen molar-refractivity contribution in [3.8, 4) is 11.5 Å². The molecule has 0 aliphatic heterocycles. The van der Waals surface area contributed by atoms with Crippen LogP contribution < -0.4 is 9.47 Å². The number of fused-ring (bicyclic) bond motifs is 1. The van der Waals surface area contributed by atoms with E-state index < -0.39 is 0 Å². The summed E-state index contributed by atoms with van der Waals surface area (Å²) in [6, 6.07) is 3.76. The van der Waals surface area contributed by atoms with Gasteiger partial charge in [0.2, 0.25) is 0 Å². The van der Waals surface area contributed by atoms with Crippen LogP contribution in [0.3, 0.4) is 0 Å². The van der Waals surface area contributed by atoms with E-state index in [9.17, 15) is 4.79 Å². The third kappa shape index (κ3) is 2.63. The minimum atomic E-state index is -0.300. The largest absolute Gasteiger partial charge is 0.493 e. The van der Waals surface area contributed by atoms with Crippen molar-refractivity contribution in [2.75, 3.05) is 14.2 Å². The molecule has 2 rings (SSSR count). The highest BCUT2D eigenvalue weighted by Crippen LogP contribution is 2.37. The van der Waals surface area contributed by atoms with Gasteiger partial charge in [-0.25, -0.2) is 0 Å². The van der Waals surface area contributed by atoms with Gasteiger partial charge in [0.15, 0.2) is 11.5 Å². The molecular formula is C13H14INO4. The molecule has 0 saturated heterocycles. The summed E-state index contributed by atoms with van der Waals surface area (Å²) in [5.41, 5.74) is 1.78. The number of benzene rings is 1. The number of aromatic nitrogens is 1. The summed E-state index contributed by atoms with van der Waals surface area (Å²) in [5, 5.41) is 0.961. The first kappa shape index (κ1) is 14.0. The molecule has 5 nitrogen and oxygen atoms in total. The van der Waals surface area contributed by atoms with E-state index >= 15 is 0 Å². The molecule has 1 aromatic carbocycles. The van der Waals surface area contributed by atoms with Crippen molar-refractivity contribution in [3.63, 3.8) is 0 Å². The van der Waals surface area contributed by atoms with E-state index in [1.54, 1.807) is 14.2 Å². The van der Waals surface area contributed by atoms with E-state index in [1.807, 2.05) is 12.1 Å². The molecule has 19 heavy (non-hydrogen) atoms. The number of halogens is 1. The van der Waals surface area contributed by atoms with Crippen LogP contribution in [0.2, 0.25) is 0 Å². The van der Waals surface area contributed by atoms with Crippen LogP contribution in [0.5, 0.6) is 11.5 Å². The van der Waals surface area contributed by atoms with Crippen molar-refractivity contribution in [2.24, 2.45) is 0 Å². The number of ether oxygens (including phenoxy) is 3. The van der Waals surface area contributed by atoms with Gasteiger partial charge in [-0.05, 0) is 34.7 Å². The molecule has 0 unspecified atom stereocenters. The number of nitrogens with one attached hydrogen (secondary N) is 1. The Morgan fingerprint density at radius 2 is 2.05 bits per heavy atom. The molecule has 0 aliphatic carbocycles. The Hall–Kier alpha value is -1.44. The molecule has 0 amide bonds. The average molecular weight is 375 g/mol. The molecule has 102 valence electrons. The Morgan fingerprint density at radius 3 is 2.63 bits per heavy atom. The summed E-state index contributed by atoms with van der Waals surface area (Å²) in [7, 11) is 3.19. The van der Waals surface area contributed by atoms with Crippen LogP contribution in [-0.4, -0.2) is 25.2 Å². The Labute approximate surface area is 124 Å². The molecule has 0 atom stereocenters. The number of aromatic amines is 1.